The van der Waals surface area contributed by atoms with E-state index < -0.39 is 24.0 Å². The van der Waals surface area contributed by atoms with Crippen molar-refractivity contribution in [2.45, 2.75) is 32.4 Å². The number of ether oxygens (including phenoxy) is 2. The van der Waals surface area contributed by atoms with Crippen molar-refractivity contribution in [3.8, 4) is 5.75 Å². The van der Waals surface area contributed by atoms with E-state index in [-0.39, 0.29) is 43.0 Å². The lowest BCUT2D eigenvalue weighted by atomic mass is 9.99. The fourth-order valence-electron chi connectivity index (χ4n) is 4.93. The van der Waals surface area contributed by atoms with Crippen LogP contribution in [0.25, 0.3) is 0 Å². The smallest absolute Gasteiger partial charge is 0.321 e. The van der Waals surface area contributed by atoms with Crippen LogP contribution in [0.1, 0.15) is 30.6 Å². The molecular formula is C30H40FN5O6. The number of fused-ring (bicyclic) bond motifs is 1. The fraction of sp³-hybridized carbons (Fsp3) is 0.500. The number of benzene rings is 2. The topological polar surface area (TPSA) is 124 Å². The quantitative estimate of drug-likeness (QED) is 0.414. The van der Waals surface area contributed by atoms with Gasteiger partial charge < -0.3 is 35.0 Å². The van der Waals surface area contributed by atoms with Crippen molar-refractivity contribution >= 4 is 29.2 Å². The third-order valence-corrected chi connectivity index (χ3v) is 7.60. The fourth-order valence-corrected chi connectivity index (χ4v) is 4.93. The first-order chi connectivity index (χ1) is 20.1. The zero-order valence-electron chi connectivity index (χ0n) is 24.3. The van der Waals surface area contributed by atoms with E-state index in [0.29, 0.717) is 43.3 Å². The molecule has 2 heterocycles. The molecule has 0 bridgehead atoms. The van der Waals surface area contributed by atoms with E-state index in [1.165, 1.54) is 29.2 Å². The maximum atomic E-state index is 13.7. The highest BCUT2D eigenvalue weighted by Crippen LogP contribution is 2.31. The zero-order chi connectivity index (χ0) is 30.2. The van der Waals surface area contributed by atoms with E-state index in [1.807, 2.05) is 6.92 Å². The molecule has 1 saturated heterocycles. The molecule has 12 heteroatoms. The Hall–Kier alpha value is -3.74. The van der Waals surface area contributed by atoms with Crippen LogP contribution < -0.4 is 15.4 Å². The lowest BCUT2D eigenvalue weighted by molar-refractivity contribution is -0.116. The van der Waals surface area contributed by atoms with Gasteiger partial charge in [0.2, 0.25) is 5.91 Å². The van der Waals surface area contributed by atoms with E-state index in [2.05, 4.69) is 15.5 Å². The van der Waals surface area contributed by atoms with Gasteiger partial charge in [-0.1, -0.05) is 6.92 Å². The molecule has 0 radical (unpaired) electrons. The minimum atomic E-state index is -0.497. The van der Waals surface area contributed by atoms with Crippen molar-refractivity contribution in [1.82, 2.24) is 14.7 Å². The second-order valence-electron chi connectivity index (χ2n) is 10.9. The highest BCUT2D eigenvalue weighted by Gasteiger charge is 2.34. The number of urea groups is 1. The molecule has 0 saturated carbocycles. The van der Waals surface area contributed by atoms with Gasteiger partial charge in [-0.3, -0.25) is 14.5 Å². The van der Waals surface area contributed by atoms with Crippen molar-refractivity contribution in [3.63, 3.8) is 0 Å². The normalized spacial score (nSPS) is 20.0. The number of morpholine rings is 1. The number of rotatable bonds is 9. The number of halogens is 1. The number of anilines is 2. The predicted octanol–water partition coefficient (Wildman–Crippen LogP) is 2.87. The van der Waals surface area contributed by atoms with Crippen LogP contribution in [-0.4, -0.2) is 109 Å². The summed E-state index contributed by atoms with van der Waals surface area (Å²) in [4.78, 5) is 44.5. The summed E-state index contributed by atoms with van der Waals surface area (Å²) in [6.45, 7) is 7.47. The number of aliphatic hydroxyl groups is 1. The molecule has 2 aliphatic heterocycles. The van der Waals surface area contributed by atoms with E-state index in [0.717, 1.165) is 13.1 Å². The molecule has 3 N–H and O–H groups in total. The standard InChI is InChI=1S/C30H40FN5O6/c1-20-17-36(21(2)19-37)29(39)25-16-24(32-28(38)10-11-35-12-14-41-15-13-35)8-9-26(25)42-27(20)18-34(3)30(40)33-23-6-4-22(31)5-7-23/h4-9,16,20-21,27,37H,10-15,17-19H2,1-3H3,(H,32,38)(H,33,40)/t20-,21-,27+/m0/s1. The van der Waals surface area contributed by atoms with Crippen LogP contribution in [0.15, 0.2) is 42.5 Å². The van der Waals surface area contributed by atoms with Crippen LogP contribution in [0.5, 0.6) is 5.75 Å². The van der Waals surface area contributed by atoms with Crippen LogP contribution in [0.3, 0.4) is 0 Å². The molecule has 2 aromatic rings. The minimum absolute atomic E-state index is 0.165. The number of amides is 4. The Morgan fingerprint density at radius 3 is 2.50 bits per heavy atom. The molecule has 3 atom stereocenters. The van der Waals surface area contributed by atoms with Crippen LogP contribution in [0.2, 0.25) is 0 Å². The number of likely N-dealkylation sites (N-methyl/N-ethyl adjacent to an activating group) is 1. The van der Waals surface area contributed by atoms with Gasteiger partial charge in [0.25, 0.3) is 5.91 Å². The molecule has 2 aromatic carbocycles. The van der Waals surface area contributed by atoms with Crippen molar-refractivity contribution in [1.29, 1.82) is 0 Å². The average molecular weight is 586 g/mol. The lowest BCUT2D eigenvalue weighted by Crippen LogP contribution is -2.50. The molecule has 0 aromatic heterocycles. The summed E-state index contributed by atoms with van der Waals surface area (Å²) in [5.74, 6) is -0.754. The Morgan fingerprint density at radius 2 is 1.81 bits per heavy atom. The number of carbonyl (C=O) groups is 3. The Kier molecular flexibility index (Phi) is 10.7. The van der Waals surface area contributed by atoms with E-state index >= 15 is 0 Å². The average Bonchev–Trinajstić information content (AvgIpc) is 2.99. The van der Waals surface area contributed by atoms with E-state index in [1.54, 1.807) is 37.1 Å². The van der Waals surface area contributed by atoms with Crippen LogP contribution >= 0.6 is 0 Å². The first kappa shape index (κ1) is 31.2. The van der Waals surface area contributed by atoms with Crippen molar-refractivity contribution in [2.24, 2.45) is 5.92 Å². The molecule has 0 spiro atoms. The van der Waals surface area contributed by atoms with E-state index in [4.69, 9.17) is 9.47 Å². The number of aliphatic hydroxyl groups excluding tert-OH is 1. The maximum Gasteiger partial charge on any atom is 0.321 e. The van der Waals surface area contributed by atoms with E-state index in [9.17, 15) is 23.9 Å². The minimum Gasteiger partial charge on any atom is -0.487 e. The summed E-state index contributed by atoms with van der Waals surface area (Å²) in [5, 5.41) is 15.5. The van der Waals surface area contributed by atoms with Gasteiger partial charge in [0.1, 0.15) is 17.7 Å². The van der Waals surface area contributed by atoms with Crippen molar-refractivity contribution in [3.05, 3.63) is 53.8 Å². The second kappa shape index (κ2) is 14.4. The molecular weight excluding hydrogens is 545 g/mol. The highest BCUT2D eigenvalue weighted by atomic mass is 19.1. The number of hydrogen-bond donors (Lipinski definition) is 3. The summed E-state index contributed by atoms with van der Waals surface area (Å²) in [6, 6.07) is 9.56. The summed E-state index contributed by atoms with van der Waals surface area (Å²) >= 11 is 0. The summed E-state index contributed by atoms with van der Waals surface area (Å²) in [7, 11) is 1.63. The first-order valence-electron chi connectivity index (χ1n) is 14.2. The van der Waals surface area contributed by atoms with Crippen LogP contribution in [0, 0.1) is 11.7 Å². The lowest BCUT2D eigenvalue weighted by Gasteiger charge is -2.38. The third-order valence-electron chi connectivity index (χ3n) is 7.60. The summed E-state index contributed by atoms with van der Waals surface area (Å²) in [6.07, 6.45) is -0.190. The molecule has 0 aliphatic carbocycles. The molecule has 0 unspecified atom stereocenters. The van der Waals surface area contributed by atoms with Gasteiger partial charge in [0, 0.05) is 56.9 Å². The monoisotopic (exact) mass is 585 g/mol. The zero-order valence-corrected chi connectivity index (χ0v) is 24.3. The Balaban J connectivity index is 1.49. The van der Waals surface area contributed by atoms with Crippen LogP contribution in [0.4, 0.5) is 20.6 Å². The molecule has 228 valence electrons. The third kappa shape index (κ3) is 8.17. The van der Waals surface area contributed by atoms with Gasteiger partial charge in [-0.2, -0.15) is 0 Å². The molecule has 42 heavy (non-hydrogen) atoms. The highest BCUT2D eigenvalue weighted by molar-refractivity contribution is 6.00. The summed E-state index contributed by atoms with van der Waals surface area (Å²) < 4.78 is 24.9. The maximum absolute atomic E-state index is 13.7. The van der Waals surface area contributed by atoms with Gasteiger partial charge in [0.05, 0.1) is 38.0 Å². The Labute approximate surface area is 245 Å². The molecule has 1 fully saturated rings. The largest absolute Gasteiger partial charge is 0.487 e. The molecule has 4 amide bonds. The number of carbonyl (C=O) groups excluding carboxylic acids is 3. The number of hydrogen-bond acceptors (Lipinski definition) is 7. The predicted molar refractivity (Wildman–Crippen MR) is 156 cm³/mol. The van der Waals surface area contributed by atoms with Gasteiger partial charge in [0.15, 0.2) is 0 Å². The van der Waals surface area contributed by atoms with Gasteiger partial charge >= 0.3 is 6.03 Å². The van der Waals surface area contributed by atoms with Crippen LogP contribution in [-0.2, 0) is 9.53 Å². The van der Waals surface area contributed by atoms with Gasteiger partial charge in [-0.15, -0.1) is 0 Å². The molecule has 4 rings (SSSR count). The van der Waals surface area contributed by atoms with Gasteiger partial charge in [-0.25, -0.2) is 9.18 Å². The van der Waals surface area contributed by atoms with Crippen molar-refractivity contribution in [2.75, 3.05) is 70.2 Å². The SMILES string of the molecule is C[C@H]1CN([C@@H](C)CO)C(=O)c2cc(NC(=O)CCN3CCOCC3)ccc2O[C@@H]1CN(C)C(=O)Nc1ccc(F)cc1. The van der Waals surface area contributed by atoms with Gasteiger partial charge in [-0.05, 0) is 49.4 Å². The Bertz CT molecular complexity index is 1240. The van der Waals surface area contributed by atoms with Crippen molar-refractivity contribution < 1.29 is 33.4 Å². The first-order valence-corrected chi connectivity index (χ1v) is 14.2. The summed E-state index contributed by atoms with van der Waals surface area (Å²) in [5.41, 5.74) is 1.19. The molecule has 11 nitrogen and oxygen atoms in total. The molecule has 2 aliphatic rings. The Morgan fingerprint density at radius 1 is 1.12 bits per heavy atom. The number of nitrogens with zero attached hydrogens (tertiary/aromatic N) is 3. The number of nitrogens with one attached hydrogen (secondary N) is 2. The second-order valence-corrected chi connectivity index (χ2v) is 10.9.